The van der Waals surface area contributed by atoms with Crippen LogP contribution in [0.25, 0.3) is 0 Å². The number of quaternary nitrogens is 1. The number of carbonyl (C=O) groups excluding carboxylic acids is 1. The van der Waals surface area contributed by atoms with Crippen molar-refractivity contribution in [1.29, 1.82) is 0 Å². The number of nitrogens with zero attached hydrogens (tertiary/aromatic N) is 1. The van der Waals surface area contributed by atoms with Gasteiger partial charge in [0.1, 0.15) is 13.2 Å². The lowest BCUT2D eigenvalue weighted by atomic mass is 10.1. The van der Waals surface area contributed by atoms with Gasteiger partial charge in [0.25, 0.3) is 7.82 Å². The fraction of sp³-hybridized carbons (Fsp3) is 0.604. The summed E-state index contributed by atoms with van der Waals surface area (Å²) in [7, 11) is 1.21. The monoisotopic (exact) mass is 813 g/mol. The van der Waals surface area contributed by atoms with E-state index in [9.17, 15) is 19.4 Å². The first-order valence-corrected chi connectivity index (χ1v) is 23.2. The largest absolute Gasteiger partial charge is 0.756 e. The summed E-state index contributed by atoms with van der Waals surface area (Å²) < 4.78 is 23.0. The standard InChI is InChI=1S/C48H81N2O6P/c1-6-8-10-12-14-15-16-17-18-19-20-21-22-23-24-25-26-27-28-29-30-31-32-33-34-35-36-38-40-42-48(52)49-46(47(51)41-39-37-13-11-9-7-2)45-56-57(53,54)55-44-43-50(3,4)5/h8,10,14-15,17-18,20-21,23-24,26-27,29-30,32-33,39,41,46-47,51H,6-7,9,11-13,16,19,22,25,28,31,34-38,40,42-45H2,1-5H3,(H-,49,52,53,54)/b10-8-,15-14-,18-17-,21-20-,24-23-,27-26-,30-29-,33-32-,41-39+. The summed E-state index contributed by atoms with van der Waals surface area (Å²) in [5.41, 5.74) is 0. The highest BCUT2D eigenvalue weighted by Gasteiger charge is 2.23. The topological polar surface area (TPSA) is 108 Å². The minimum atomic E-state index is -4.59. The number of likely N-dealkylation sites (N-methyl/N-ethyl adjacent to an activating group) is 1. The number of amides is 1. The van der Waals surface area contributed by atoms with E-state index < -0.39 is 26.6 Å². The molecule has 9 heteroatoms. The minimum absolute atomic E-state index is 0.0138. The van der Waals surface area contributed by atoms with E-state index in [1.54, 1.807) is 6.08 Å². The fourth-order valence-electron chi connectivity index (χ4n) is 5.28. The fourth-order valence-corrected chi connectivity index (χ4v) is 6.00. The minimum Gasteiger partial charge on any atom is -0.756 e. The molecule has 0 bridgehead atoms. The van der Waals surface area contributed by atoms with Crippen molar-refractivity contribution in [3.8, 4) is 0 Å². The molecule has 57 heavy (non-hydrogen) atoms. The van der Waals surface area contributed by atoms with Crippen LogP contribution in [0.3, 0.4) is 0 Å². The van der Waals surface area contributed by atoms with Gasteiger partial charge in [0.2, 0.25) is 5.91 Å². The number of unbranched alkanes of at least 4 members (excludes halogenated alkanes) is 8. The molecule has 0 aliphatic carbocycles. The van der Waals surface area contributed by atoms with Crippen molar-refractivity contribution in [3.05, 3.63) is 109 Å². The van der Waals surface area contributed by atoms with Crippen molar-refractivity contribution < 1.29 is 32.9 Å². The molecule has 3 unspecified atom stereocenters. The number of aliphatic hydroxyl groups excluding tert-OH is 1. The first kappa shape index (κ1) is 54.2. The van der Waals surface area contributed by atoms with Gasteiger partial charge in [0.05, 0.1) is 39.9 Å². The molecule has 0 aliphatic heterocycles. The lowest BCUT2D eigenvalue weighted by Gasteiger charge is -2.29. The zero-order valence-corrected chi connectivity index (χ0v) is 37.4. The molecule has 0 saturated carbocycles. The van der Waals surface area contributed by atoms with Gasteiger partial charge in [-0.2, -0.15) is 0 Å². The molecule has 0 spiro atoms. The number of nitrogens with one attached hydrogen (secondary N) is 1. The second-order valence-electron chi connectivity index (χ2n) is 15.3. The van der Waals surface area contributed by atoms with Crippen LogP contribution in [-0.2, 0) is 18.4 Å². The summed E-state index contributed by atoms with van der Waals surface area (Å²) in [6.07, 6.45) is 56.0. The molecule has 0 aliphatic rings. The molecule has 0 fully saturated rings. The number of allylic oxidation sites excluding steroid dienone is 17. The van der Waals surface area contributed by atoms with Crippen LogP contribution in [0.2, 0.25) is 0 Å². The smallest absolute Gasteiger partial charge is 0.268 e. The van der Waals surface area contributed by atoms with E-state index in [0.29, 0.717) is 17.4 Å². The third-order valence-electron chi connectivity index (χ3n) is 8.74. The second kappa shape index (κ2) is 38.7. The van der Waals surface area contributed by atoms with Gasteiger partial charge in [-0.05, 0) is 83.5 Å². The SMILES string of the molecule is CC/C=C\C/C=C\C/C=C\C/C=C\C/C=C\C/C=C\C/C=C\C/C=C\CCCCCCC(=O)NC(COP(=O)([O-])OCC[N+](C)(C)C)C(O)/C=C/CCCCCC. The third-order valence-corrected chi connectivity index (χ3v) is 9.70. The van der Waals surface area contributed by atoms with Crippen molar-refractivity contribution >= 4 is 13.7 Å². The maximum Gasteiger partial charge on any atom is 0.268 e. The zero-order chi connectivity index (χ0) is 42.1. The van der Waals surface area contributed by atoms with Gasteiger partial charge in [-0.25, -0.2) is 0 Å². The van der Waals surface area contributed by atoms with Crippen LogP contribution < -0.4 is 10.2 Å². The first-order valence-electron chi connectivity index (χ1n) is 21.7. The molecule has 1 amide bonds. The number of phosphoric ester groups is 1. The van der Waals surface area contributed by atoms with Crippen LogP contribution in [0.15, 0.2) is 109 Å². The maximum atomic E-state index is 12.8. The van der Waals surface area contributed by atoms with Gasteiger partial charge in [0.15, 0.2) is 0 Å². The van der Waals surface area contributed by atoms with E-state index in [1.165, 1.54) is 0 Å². The molecular formula is C48H81N2O6P. The van der Waals surface area contributed by atoms with Crippen LogP contribution >= 0.6 is 7.82 Å². The number of carbonyl (C=O) groups is 1. The van der Waals surface area contributed by atoms with Crippen molar-refractivity contribution in [2.75, 3.05) is 40.9 Å². The summed E-state index contributed by atoms with van der Waals surface area (Å²) in [6, 6.07) is -0.904. The second-order valence-corrected chi connectivity index (χ2v) is 16.7. The van der Waals surface area contributed by atoms with E-state index >= 15 is 0 Å². The van der Waals surface area contributed by atoms with Crippen LogP contribution in [-0.4, -0.2) is 68.5 Å². The Balaban J connectivity index is 4.22. The van der Waals surface area contributed by atoms with Crippen molar-refractivity contribution in [2.45, 2.75) is 148 Å². The molecule has 0 aromatic rings. The molecule has 2 N–H and O–H groups in total. The molecule has 0 radical (unpaired) electrons. The Morgan fingerprint density at radius 2 is 1.07 bits per heavy atom. The van der Waals surface area contributed by atoms with Gasteiger partial charge in [-0.1, -0.05) is 155 Å². The lowest BCUT2D eigenvalue weighted by Crippen LogP contribution is -2.45. The summed E-state index contributed by atoms with van der Waals surface area (Å²) in [4.78, 5) is 25.1. The van der Waals surface area contributed by atoms with Crippen LogP contribution in [0.4, 0.5) is 0 Å². The molecule has 8 nitrogen and oxygen atoms in total. The van der Waals surface area contributed by atoms with E-state index in [-0.39, 0.29) is 12.5 Å². The first-order chi connectivity index (χ1) is 27.5. The Bertz CT molecular complexity index is 1290. The zero-order valence-electron chi connectivity index (χ0n) is 36.5. The number of aliphatic hydroxyl groups is 1. The Labute approximate surface area is 349 Å². The van der Waals surface area contributed by atoms with E-state index in [2.05, 4.69) is 116 Å². The number of rotatable bonds is 37. The molecule has 3 atom stereocenters. The normalized spacial score (nSPS) is 15.4. The Hall–Kier alpha value is -2.84. The Morgan fingerprint density at radius 3 is 1.54 bits per heavy atom. The van der Waals surface area contributed by atoms with Gasteiger partial charge >= 0.3 is 0 Å². The van der Waals surface area contributed by atoms with E-state index in [0.717, 1.165) is 116 Å². The lowest BCUT2D eigenvalue weighted by molar-refractivity contribution is -0.870. The predicted molar refractivity (Wildman–Crippen MR) is 242 cm³/mol. The maximum absolute atomic E-state index is 12.8. The van der Waals surface area contributed by atoms with Crippen molar-refractivity contribution in [2.24, 2.45) is 0 Å². The van der Waals surface area contributed by atoms with Crippen molar-refractivity contribution in [1.82, 2.24) is 5.32 Å². The Morgan fingerprint density at radius 1 is 0.632 bits per heavy atom. The highest BCUT2D eigenvalue weighted by atomic mass is 31.2. The highest BCUT2D eigenvalue weighted by Crippen LogP contribution is 2.38. The highest BCUT2D eigenvalue weighted by molar-refractivity contribution is 7.45. The van der Waals surface area contributed by atoms with Crippen molar-refractivity contribution in [3.63, 3.8) is 0 Å². The number of hydrogen-bond donors (Lipinski definition) is 2. The molecular weight excluding hydrogens is 732 g/mol. The van der Waals surface area contributed by atoms with Crippen LogP contribution in [0.5, 0.6) is 0 Å². The molecule has 0 heterocycles. The Kier molecular flexibility index (Phi) is 36.7. The van der Waals surface area contributed by atoms with Gasteiger partial charge in [-0.15, -0.1) is 0 Å². The molecule has 324 valence electrons. The van der Waals surface area contributed by atoms with Crippen LogP contribution in [0, 0.1) is 0 Å². The average molecular weight is 813 g/mol. The number of phosphoric acid groups is 1. The van der Waals surface area contributed by atoms with Crippen LogP contribution in [0.1, 0.15) is 136 Å². The number of hydrogen-bond acceptors (Lipinski definition) is 6. The van der Waals surface area contributed by atoms with Gasteiger partial charge in [0, 0.05) is 6.42 Å². The quantitative estimate of drug-likeness (QED) is 0.0280. The summed E-state index contributed by atoms with van der Waals surface area (Å²) in [5, 5.41) is 13.6. The van der Waals surface area contributed by atoms with E-state index in [4.69, 9.17) is 9.05 Å². The summed E-state index contributed by atoms with van der Waals surface area (Å²) >= 11 is 0. The van der Waals surface area contributed by atoms with E-state index in [1.807, 2.05) is 27.2 Å². The molecule has 0 aromatic carbocycles. The molecule has 0 saturated heterocycles. The summed E-state index contributed by atoms with van der Waals surface area (Å²) in [5.74, 6) is -0.235. The third kappa shape index (κ3) is 41.1. The van der Waals surface area contributed by atoms with Gasteiger partial charge < -0.3 is 28.8 Å². The summed E-state index contributed by atoms with van der Waals surface area (Å²) in [6.45, 7) is 4.38. The predicted octanol–water partition coefficient (Wildman–Crippen LogP) is 11.5. The molecule has 0 aromatic heterocycles. The average Bonchev–Trinajstić information content (AvgIpc) is 3.16. The van der Waals surface area contributed by atoms with Gasteiger partial charge in [-0.3, -0.25) is 9.36 Å². The molecule has 0 rings (SSSR count).